The predicted octanol–water partition coefficient (Wildman–Crippen LogP) is -1.24. The van der Waals surface area contributed by atoms with Crippen molar-refractivity contribution in [1.29, 1.82) is 0 Å². The van der Waals surface area contributed by atoms with E-state index in [9.17, 15) is 9.90 Å². The molecule has 0 aromatic rings. The van der Waals surface area contributed by atoms with E-state index in [1.54, 1.807) is 7.05 Å². The molecule has 1 heterocycles. The molecule has 0 spiro atoms. The van der Waals surface area contributed by atoms with Crippen LogP contribution in [0.3, 0.4) is 0 Å². The van der Waals surface area contributed by atoms with Gasteiger partial charge in [0.1, 0.15) is 0 Å². The van der Waals surface area contributed by atoms with Gasteiger partial charge in [0.15, 0.2) is 0 Å². The van der Waals surface area contributed by atoms with Gasteiger partial charge in [-0.3, -0.25) is 9.69 Å². The first-order valence-electron chi connectivity index (χ1n) is 5.49. The maximum atomic E-state index is 11.4. The molecule has 0 aromatic heterocycles. The number of β-amino-alcohol motifs (C(OH)–C–C–N with tert-alkyl or cyclic N) is 1. The lowest BCUT2D eigenvalue weighted by Gasteiger charge is -2.32. The summed E-state index contributed by atoms with van der Waals surface area (Å²) in [6.07, 6.45) is 1.47. The standard InChI is InChI=1S/C10H21N3O2/c1-12-10(15)8-3-2-4-13(6-8)7-9(14)5-11/h8-9,14H,2-7,11H2,1H3,(H,12,15). The average Bonchev–Trinajstić information content (AvgIpc) is 2.28. The molecule has 0 aromatic carbocycles. The Morgan fingerprint density at radius 1 is 1.73 bits per heavy atom. The first-order valence-corrected chi connectivity index (χ1v) is 5.49. The SMILES string of the molecule is CNC(=O)C1CCCN(CC(O)CN)C1. The van der Waals surface area contributed by atoms with E-state index in [1.165, 1.54) is 0 Å². The molecule has 1 amide bonds. The molecule has 1 fully saturated rings. The number of hydrogen-bond acceptors (Lipinski definition) is 4. The highest BCUT2D eigenvalue weighted by atomic mass is 16.3. The Balaban J connectivity index is 2.38. The minimum Gasteiger partial charge on any atom is -0.390 e. The Hall–Kier alpha value is -0.650. The van der Waals surface area contributed by atoms with Crippen molar-refractivity contribution in [3.8, 4) is 0 Å². The maximum absolute atomic E-state index is 11.4. The first-order chi connectivity index (χ1) is 7.17. The molecule has 0 saturated carbocycles. The van der Waals surface area contributed by atoms with Crippen molar-refractivity contribution < 1.29 is 9.90 Å². The van der Waals surface area contributed by atoms with E-state index in [0.29, 0.717) is 6.54 Å². The van der Waals surface area contributed by atoms with E-state index >= 15 is 0 Å². The number of carbonyl (C=O) groups is 1. The van der Waals surface area contributed by atoms with Gasteiger partial charge < -0.3 is 16.2 Å². The average molecular weight is 215 g/mol. The van der Waals surface area contributed by atoms with Crippen molar-refractivity contribution >= 4 is 5.91 Å². The molecule has 2 unspecified atom stereocenters. The van der Waals surface area contributed by atoms with Crippen LogP contribution in [0.1, 0.15) is 12.8 Å². The Morgan fingerprint density at radius 3 is 3.07 bits per heavy atom. The molecular formula is C10H21N3O2. The Labute approximate surface area is 90.6 Å². The summed E-state index contributed by atoms with van der Waals surface area (Å²) in [5.41, 5.74) is 5.35. The summed E-state index contributed by atoms with van der Waals surface area (Å²) in [4.78, 5) is 13.6. The molecule has 5 nitrogen and oxygen atoms in total. The van der Waals surface area contributed by atoms with Crippen LogP contribution in [0.25, 0.3) is 0 Å². The van der Waals surface area contributed by atoms with Gasteiger partial charge >= 0.3 is 0 Å². The van der Waals surface area contributed by atoms with Gasteiger partial charge in [-0.2, -0.15) is 0 Å². The second-order valence-corrected chi connectivity index (χ2v) is 4.10. The number of rotatable bonds is 4. The highest BCUT2D eigenvalue weighted by Gasteiger charge is 2.25. The van der Waals surface area contributed by atoms with Crippen LogP contribution in [-0.4, -0.2) is 55.2 Å². The quantitative estimate of drug-likeness (QED) is 0.548. The lowest BCUT2D eigenvalue weighted by atomic mass is 9.97. The predicted molar refractivity (Wildman–Crippen MR) is 58.3 cm³/mol. The number of aliphatic hydroxyl groups excluding tert-OH is 1. The number of nitrogens with one attached hydrogen (secondary N) is 1. The number of aliphatic hydroxyl groups is 1. The summed E-state index contributed by atoms with van der Waals surface area (Å²) in [5.74, 6) is 0.163. The molecule has 0 radical (unpaired) electrons. The van der Waals surface area contributed by atoms with Gasteiger partial charge in [-0.15, -0.1) is 0 Å². The second-order valence-electron chi connectivity index (χ2n) is 4.10. The number of nitrogens with zero attached hydrogens (tertiary/aromatic N) is 1. The maximum Gasteiger partial charge on any atom is 0.224 e. The molecule has 1 aliphatic heterocycles. The van der Waals surface area contributed by atoms with Crippen molar-refractivity contribution in [2.24, 2.45) is 11.7 Å². The monoisotopic (exact) mass is 215 g/mol. The van der Waals surface area contributed by atoms with Crippen molar-refractivity contribution in [2.45, 2.75) is 18.9 Å². The Bertz CT molecular complexity index is 211. The summed E-state index contributed by atoms with van der Waals surface area (Å²) in [6.45, 7) is 2.53. The van der Waals surface area contributed by atoms with Crippen molar-refractivity contribution in [3.63, 3.8) is 0 Å². The molecule has 1 saturated heterocycles. The number of carbonyl (C=O) groups excluding carboxylic acids is 1. The van der Waals surface area contributed by atoms with Crippen molar-refractivity contribution in [3.05, 3.63) is 0 Å². The third-order valence-corrected chi connectivity index (χ3v) is 2.86. The summed E-state index contributed by atoms with van der Waals surface area (Å²) in [5, 5.41) is 12.1. The van der Waals surface area contributed by atoms with Gasteiger partial charge in [0.2, 0.25) is 5.91 Å². The molecule has 2 atom stereocenters. The van der Waals surface area contributed by atoms with Crippen LogP contribution in [0.4, 0.5) is 0 Å². The van der Waals surface area contributed by atoms with Gasteiger partial charge in [-0.05, 0) is 19.4 Å². The normalized spacial score (nSPS) is 24.9. The van der Waals surface area contributed by atoms with Gasteiger partial charge in [0, 0.05) is 26.7 Å². The van der Waals surface area contributed by atoms with E-state index in [2.05, 4.69) is 10.2 Å². The van der Waals surface area contributed by atoms with Crippen molar-refractivity contribution in [2.75, 3.05) is 33.2 Å². The zero-order valence-electron chi connectivity index (χ0n) is 9.28. The molecule has 0 bridgehead atoms. The summed E-state index contributed by atoms with van der Waals surface area (Å²) >= 11 is 0. The minimum atomic E-state index is -0.478. The summed E-state index contributed by atoms with van der Waals surface area (Å²) < 4.78 is 0. The van der Waals surface area contributed by atoms with Crippen LogP contribution in [0.2, 0.25) is 0 Å². The van der Waals surface area contributed by atoms with Crippen LogP contribution in [0.15, 0.2) is 0 Å². The number of piperidine rings is 1. The van der Waals surface area contributed by atoms with Crippen LogP contribution < -0.4 is 11.1 Å². The summed E-state index contributed by atoms with van der Waals surface area (Å²) in [7, 11) is 1.66. The van der Waals surface area contributed by atoms with Gasteiger partial charge in [-0.25, -0.2) is 0 Å². The van der Waals surface area contributed by atoms with Crippen molar-refractivity contribution in [1.82, 2.24) is 10.2 Å². The Kier molecular flexibility index (Phi) is 5.01. The number of likely N-dealkylation sites (tertiary alicyclic amines) is 1. The molecule has 4 N–H and O–H groups in total. The molecule has 1 aliphatic rings. The molecule has 5 heteroatoms. The largest absolute Gasteiger partial charge is 0.390 e. The number of nitrogens with two attached hydrogens (primary N) is 1. The second kappa shape index (κ2) is 6.05. The molecular weight excluding hydrogens is 194 g/mol. The van der Waals surface area contributed by atoms with E-state index in [0.717, 1.165) is 25.9 Å². The van der Waals surface area contributed by atoms with Gasteiger partial charge in [-0.1, -0.05) is 0 Å². The molecule has 0 aliphatic carbocycles. The lowest BCUT2D eigenvalue weighted by molar-refractivity contribution is -0.126. The van der Waals surface area contributed by atoms with E-state index < -0.39 is 6.10 Å². The van der Waals surface area contributed by atoms with E-state index in [1.807, 2.05) is 0 Å². The van der Waals surface area contributed by atoms with Crippen LogP contribution >= 0.6 is 0 Å². The molecule has 88 valence electrons. The highest BCUT2D eigenvalue weighted by molar-refractivity contribution is 5.78. The summed E-state index contributed by atoms with van der Waals surface area (Å²) in [6, 6.07) is 0. The topological polar surface area (TPSA) is 78.6 Å². The first kappa shape index (κ1) is 12.4. The fourth-order valence-electron chi connectivity index (χ4n) is 2.01. The highest BCUT2D eigenvalue weighted by Crippen LogP contribution is 2.16. The van der Waals surface area contributed by atoms with Gasteiger partial charge in [0.25, 0.3) is 0 Å². The zero-order valence-corrected chi connectivity index (χ0v) is 9.28. The smallest absolute Gasteiger partial charge is 0.224 e. The molecule has 15 heavy (non-hydrogen) atoms. The fourth-order valence-corrected chi connectivity index (χ4v) is 2.01. The van der Waals surface area contributed by atoms with Crippen LogP contribution in [0, 0.1) is 5.92 Å². The Morgan fingerprint density at radius 2 is 2.47 bits per heavy atom. The third kappa shape index (κ3) is 3.77. The zero-order chi connectivity index (χ0) is 11.3. The van der Waals surface area contributed by atoms with Crippen LogP contribution in [0.5, 0.6) is 0 Å². The fraction of sp³-hybridized carbons (Fsp3) is 0.900. The van der Waals surface area contributed by atoms with E-state index in [4.69, 9.17) is 5.73 Å². The molecule has 1 rings (SSSR count). The third-order valence-electron chi connectivity index (χ3n) is 2.86. The van der Waals surface area contributed by atoms with Gasteiger partial charge in [0.05, 0.1) is 12.0 Å². The minimum absolute atomic E-state index is 0.0636. The number of amides is 1. The lowest BCUT2D eigenvalue weighted by Crippen LogP contribution is -2.45. The van der Waals surface area contributed by atoms with Crippen LogP contribution in [-0.2, 0) is 4.79 Å². The van der Waals surface area contributed by atoms with E-state index in [-0.39, 0.29) is 18.4 Å². The number of hydrogen-bond donors (Lipinski definition) is 3.